The monoisotopic (exact) mass is 255 g/mol. The molecule has 0 aromatic heterocycles. The fourth-order valence-corrected chi connectivity index (χ4v) is 2.37. The number of carbonyl (C=O) groups is 1. The number of rotatable bonds is 3. The Balaban J connectivity index is 2.10. The molecule has 1 aliphatic carbocycles. The quantitative estimate of drug-likeness (QED) is 0.866. The average molecular weight is 255 g/mol. The van der Waals surface area contributed by atoms with Gasteiger partial charge in [-0.3, -0.25) is 4.79 Å². The first-order valence-electron chi connectivity index (χ1n) is 5.99. The molecular weight excluding hydrogens is 240 g/mol. The zero-order valence-corrected chi connectivity index (χ0v) is 9.83. The second-order valence-electron chi connectivity index (χ2n) is 4.55. The molecule has 98 valence electrons. The molecule has 0 heterocycles. The summed E-state index contributed by atoms with van der Waals surface area (Å²) < 4.78 is 26.4. The molecule has 18 heavy (non-hydrogen) atoms. The summed E-state index contributed by atoms with van der Waals surface area (Å²) in [6, 6.07) is 3.35. The van der Waals surface area contributed by atoms with Crippen LogP contribution in [0.5, 0.6) is 0 Å². The Labute approximate surface area is 104 Å². The highest BCUT2D eigenvalue weighted by molar-refractivity contribution is 5.94. The van der Waals surface area contributed by atoms with Crippen LogP contribution in [-0.4, -0.2) is 23.7 Å². The maximum atomic E-state index is 13.4. The van der Waals surface area contributed by atoms with Crippen LogP contribution in [0.3, 0.4) is 0 Å². The SMILES string of the molecule is O=C(NC1CCCC1CO)c1cccc(F)c1F. The van der Waals surface area contributed by atoms with Gasteiger partial charge < -0.3 is 10.4 Å². The molecule has 1 saturated carbocycles. The maximum Gasteiger partial charge on any atom is 0.254 e. The predicted molar refractivity (Wildman–Crippen MR) is 62.0 cm³/mol. The number of carbonyl (C=O) groups excluding carboxylic acids is 1. The van der Waals surface area contributed by atoms with Gasteiger partial charge in [-0.25, -0.2) is 8.78 Å². The Bertz CT molecular complexity index is 451. The van der Waals surface area contributed by atoms with Crippen LogP contribution in [0.4, 0.5) is 8.78 Å². The number of amides is 1. The third-order valence-electron chi connectivity index (χ3n) is 3.41. The van der Waals surface area contributed by atoms with Crippen LogP contribution in [0.1, 0.15) is 29.6 Å². The lowest BCUT2D eigenvalue weighted by molar-refractivity contribution is 0.0911. The fourth-order valence-electron chi connectivity index (χ4n) is 2.37. The largest absolute Gasteiger partial charge is 0.396 e. The summed E-state index contributed by atoms with van der Waals surface area (Å²) in [7, 11) is 0. The van der Waals surface area contributed by atoms with Crippen molar-refractivity contribution < 1.29 is 18.7 Å². The highest BCUT2D eigenvalue weighted by atomic mass is 19.2. The fraction of sp³-hybridized carbons (Fsp3) is 0.462. The van der Waals surface area contributed by atoms with Crippen molar-refractivity contribution >= 4 is 5.91 Å². The summed E-state index contributed by atoms with van der Waals surface area (Å²) in [5.74, 6) is -2.79. The summed E-state index contributed by atoms with van der Waals surface area (Å²) in [6.07, 6.45) is 2.52. The molecule has 1 aliphatic rings. The van der Waals surface area contributed by atoms with Crippen molar-refractivity contribution in [3.05, 3.63) is 35.4 Å². The van der Waals surface area contributed by atoms with Crippen LogP contribution in [0.15, 0.2) is 18.2 Å². The molecule has 0 radical (unpaired) electrons. The average Bonchev–Trinajstić information content (AvgIpc) is 2.79. The van der Waals surface area contributed by atoms with Gasteiger partial charge in [-0.05, 0) is 25.0 Å². The molecule has 1 amide bonds. The van der Waals surface area contributed by atoms with Crippen LogP contribution < -0.4 is 5.32 Å². The van der Waals surface area contributed by atoms with Gasteiger partial charge in [0.25, 0.3) is 5.91 Å². The van der Waals surface area contributed by atoms with Crippen molar-refractivity contribution in [2.75, 3.05) is 6.61 Å². The molecule has 0 aliphatic heterocycles. The van der Waals surface area contributed by atoms with Crippen LogP contribution in [0.2, 0.25) is 0 Å². The number of halogens is 2. The third kappa shape index (κ3) is 2.51. The molecule has 1 aromatic carbocycles. The highest BCUT2D eigenvalue weighted by Gasteiger charge is 2.29. The second-order valence-corrected chi connectivity index (χ2v) is 4.55. The van der Waals surface area contributed by atoms with Crippen molar-refractivity contribution in [2.45, 2.75) is 25.3 Å². The second kappa shape index (κ2) is 5.44. The summed E-state index contributed by atoms with van der Waals surface area (Å²) >= 11 is 0. The van der Waals surface area contributed by atoms with Crippen LogP contribution in [0, 0.1) is 17.6 Å². The lowest BCUT2D eigenvalue weighted by atomic mass is 10.0. The number of benzene rings is 1. The molecule has 1 fully saturated rings. The first kappa shape index (κ1) is 13.0. The zero-order chi connectivity index (χ0) is 13.1. The van der Waals surface area contributed by atoms with Gasteiger partial charge >= 0.3 is 0 Å². The van der Waals surface area contributed by atoms with Gasteiger partial charge in [0.05, 0.1) is 5.56 Å². The summed E-state index contributed by atoms with van der Waals surface area (Å²) in [6.45, 7) is -0.00339. The summed E-state index contributed by atoms with van der Waals surface area (Å²) in [4.78, 5) is 11.8. The highest BCUT2D eigenvalue weighted by Crippen LogP contribution is 2.25. The van der Waals surface area contributed by atoms with Gasteiger partial charge in [0.1, 0.15) is 0 Å². The molecule has 5 heteroatoms. The molecule has 2 rings (SSSR count). The zero-order valence-electron chi connectivity index (χ0n) is 9.83. The van der Waals surface area contributed by atoms with Gasteiger partial charge in [-0.2, -0.15) is 0 Å². The molecule has 2 unspecified atom stereocenters. The number of hydrogen-bond acceptors (Lipinski definition) is 2. The normalized spacial score (nSPS) is 23.1. The molecule has 2 atom stereocenters. The van der Waals surface area contributed by atoms with Crippen LogP contribution in [-0.2, 0) is 0 Å². The molecular formula is C13H15F2NO2. The Morgan fingerprint density at radius 3 is 2.89 bits per heavy atom. The van der Waals surface area contributed by atoms with E-state index in [0.717, 1.165) is 25.3 Å². The number of nitrogens with one attached hydrogen (secondary N) is 1. The molecule has 0 bridgehead atoms. The van der Waals surface area contributed by atoms with E-state index in [4.69, 9.17) is 5.11 Å². The first-order valence-corrected chi connectivity index (χ1v) is 5.99. The van der Waals surface area contributed by atoms with E-state index in [-0.39, 0.29) is 24.1 Å². The Morgan fingerprint density at radius 2 is 2.17 bits per heavy atom. The van der Waals surface area contributed by atoms with E-state index >= 15 is 0 Å². The van der Waals surface area contributed by atoms with Gasteiger partial charge in [0.15, 0.2) is 11.6 Å². The molecule has 0 spiro atoms. The lowest BCUT2D eigenvalue weighted by Crippen LogP contribution is -2.39. The van der Waals surface area contributed by atoms with E-state index in [2.05, 4.69) is 5.32 Å². The van der Waals surface area contributed by atoms with Gasteiger partial charge in [0, 0.05) is 18.6 Å². The smallest absolute Gasteiger partial charge is 0.254 e. The summed E-state index contributed by atoms with van der Waals surface area (Å²) in [5, 5.41) is 11.8. The number of aliphatic hydroxyl groups is 1. The standard InChI is InChI=1S/C13H15F2NO2/c14-10-5-2-4-9(12(10)15)13(18)16-11-6-1-3-8(11)7-17/h2,4-5,8,11,17H,1,3,6-7H2,(H,16,18). The summed E-state index contributed by atoms with van der Waals surface area (Å²) in [5.41, 5.74) is -0.293. The van der Waals surface area contributed by atoms with E-state index in [9.17, 15) is 13.6 Å². The lowest BCUT2D eigenvalue weighted by Gasteiger charge is -2.19. The minimum absolute atomic E-state index is 0.00339. The molecule has 1 aromatic rings. The topological polar surface area (TPSA) is 49.3 Å². The van der Waals surface area contributed by atoms with E-state index in [1.807, 2.05) is 0 Å². The number of hydrogen-bond donors (Lipinski definition) is 2. The predicted octanol–water partition coefficient (Wildman–Crippen LogP) is 1.86. The molecule has 3 nitrogen and oxygen atoms in total. The van der Waals surface area contributed by atoms with Crippen molar-refractivity contribution in [3.8, 4) is 0 Å². The Kier molecular flexibility index (Phi) is 3.91. The van der Waals surface area contributed by atoms with Gasteiger partial charge in [0.2, 0.25) is 0 Å². The van der Waals surface area contributed by atoms with Crippen molar-refractivity contribution in [3.63, 3.8) is 0 Å². The van der Waals surface area contributed by atoms with Crippen molar-refractivity contribution in [2.24, 2.45) is 5.92 Å². The van der Waals surface area contributed by atoms with E-state index in [0.29, 0.717) is 0 Å². The minimum Gasteiger partial charge on any atom is -0.396 e. The molecule has 2 N–H and O–H groups in total. The third-order valence-corrected chi connectivity index (χ3v) is 3.41. The first-order chi connectivity index (χ1) is 8.63. The maximum absolute atomic E-state index is 13.4. The van der Waals surface area contributed by atoms with E-state index < -0.39 is 17.5 Å². The van der Waals surface area contributed by atoms with Gasteiger partial charge in [-0.15, -0.1) is 0 Å². The number of aliphatic hydroxyl groups excluding tert-OH is 1. The Morgan fingerprint density at radius 1 is 1.39 bits per heavy atom. The Hall–Kier alpha value is -1.49. The van der Waals surface area contributed by atoms with Crippen molar-refractivity contribution in [1.82, 2.24) is 5.32 Å². The van der Waals surface area contributed by atoms with E-state index in [1.54, 1.807) is 0 Å². The van der Waals surface area contributed by atoms with Crippen LogP contribution in [0.25, 0.3) is 0 Å². The van der Waals surface area contributed by atoms with E-state index in [1.165, 1.54) is 12.1 Å². The van der Waals surface area contributed by atoms with Gasteiger partial charge in [-0.1, -0.05) is 12.5 Å². The molecule has 0 saturated heterocycles. The van der Waals surface area contributed by atoms with Crippen molar-refractivity contribution in [1.29, 1.82) is 0 Å². The van der Waals surface area contributed by atoms with Crippen LogP contribution >= 0.6 is 0 Å². The minimum atomic E-state index is -1.13.